The summed E-state index contributed by atoms with van der Waals surface area (Å²) in [6.45, 7) is 3.01. The van der Waals surface area contributed by atoms with E-state index in [0.29, 0.717) is 5.19 Å². The summed E-state index contributed by atoms with van der Waals surface area (Å²) in [6.07, 6.45) is -4.58. The molecule has 16 heavy (non-hydrogen) atoms. The molecule has 0 aliphatic carbocycles. The second-order valence-electron chi connectivity index (χ2n) is 3.94. The van der Waals surface area contributed by atoms with Crippen LogP contribution in [0.1, 0.15) is 0 Å². The van der Waals surface area contributed by atoms with Crippen molar-refractivity contribution in [1.29, 1.82) is 0 Å². The van der Waals surface area contributed by atoms with Crippen molar-refractivity contribution in [2.45, 2.75) is 19.3 Å². The maximum atomic E-state index is 12.6. The minimum atomic E-state index is -4.58. The standard InChI is InChI=1S/C10H11F3N2Si/c1-16(2,8-6-4-3-5-7-8)9(15-14)10(11,12)13/h3-7H,1-2H3. The van der Waals surface area contributed by atoms with Gasteiger partial charge in [0.05, 0.1) is 0 Å². The molecule has 1 aromatic carbocycles. The second kappa shape index (κ2) is 4.23. The minimum Gasteiger partial charge on any atom is -0.362 e. The molecule has 0 spiro atoms. The molecule has 0 saturated carbocycles. The van der Waals surface area contributed by atoms with E-state index in [1.807, 2.05) is 0 Å². The Hall–Kier alpha value is -1.39. The third-order valence-electron chi connectivity index (χ3n) is 2.46. The maximum Gasteiger partial charge on any atom is 0.484 e. The van der Waals surface area contributed by atoms with Gasteiger partial charge < -0.3 is 5.53 Å². The zero-order valence-electron chi connectivity index (χ0n) is 8.92. The molecule has 0 heterocycles. The Morgan fingerprint density at radius 3 is 2.06 bits per heavy atom. The van der Waals surface area contributed by atoms with Crippen LogP contribution in [-0.4, -0.2) is 24.4 Å². The van der Waals surface area contributed by atoms with Crippen LogP contribution in [0.15, 0.2) is 30.3 Å². The molecule has 0 fully saturated rings. The summed E-state index contributed by atoms with van der Waals surface area (Å²) in [5.41, 5.74) is 8.56. The van der Waals surface area contributed by atoms with Crippen LogP contribution in [0.5, 0.6) is 0 Å². The molecule has 0 atom stereocenters. The van der Waals surface area contributed by atoms with Gasteiger partial charge in [-0.05, 0) is 5.19 Å². The van der Waals surface area contributed by atoms with Gasteiger partial charge in [0, 0.05) is 0 Å². The van der Waals surface area contributed by atoms with E-state index < -0.39 is 19.6 Å². The highest BCUT2D eigenvalue weighted by Crippen LogP contribution is 2.22. The predicted molar refractivity (Wildman–Crippen MR) is 58.2 cm³/mol. The molecule has 0 bridgehead atoms. The fraction of sp³-hybridized carbons (Fsp3) is 0.300. The van der Waals surface area contributed by atoms with Crippen molar-refractivity contribution in [3.63, 3.8) is 0 Å². The van der Waals surface area contributed by atoms with E-state index in [-0.39, 0.29) is 0 Å². The van der Waals surface area contributed by atoms with Crippen molar-refractivity contribution in [2.75, 3.05) is 0 Å². The van der Waals surface area contributed by atoms with Crippen LogP contribution in [-0.2, 0) is 0 Å². The summed E-state index contributed by atoms with van der Waals surface area (Å²) < 4.78 is 37.9. The van der Waals surface area contributed by atoms with E-state index in [0.717, 1.165) is 0 Å². The van der Waals surface area contributed by atoms with Gasteiger partial charge in [0.1, 0.15) is 0 Å². The Bertz CT molecular complexity index is 419. The molecular weight excluding hydrogens is 233 g/mol. The highest BCUT2D eigenvalue weighted by Gasteiger charge is 2.55. The number of alkyl halides is 3. The highest BCUT2D eigenvalue weighted by atomic mass is 28.3. The maximum absolute atomic E-state index is 12.6. The quantitative estimate of drug-likeness (QED) is 0.331. The summed E-state index contributed by atoms with van der Waals surface area (Å²) in [5, 5.41) is -0.480. The van der Waals surface area contributed by atoms with Gasteiger partial charge in [0.2, 0.25) is 8.07 Å². The van der Waals surface area contributed by atoms with E-state index in [9.17, 15) is 13.2 Å². The van der Waals surface area contributed by atoms with Crippen LogP contribution >= 0.6 is 0 Å². The van der Waals surface area contributed by atoms with Crippen LogP contribution in [0.2, 0.25) is 13.1 Å². The van der Waals surface area contributed by atoms with Gasteiger partial charge in [-0.1, -0.05) is 43.4 Å². The average molecular weight is 244 g/mol. The van der Waals surface area contributed by atoms with Crippen LogP contribution in [0.4, 0.5) is 13.2 Å². The first-order valence-electron chi connectivity index (χ1n) is 4.65. The second-order valence-corrected chi connectivity index (χ2v) is 8.24. The molecular formula is C10H11F3N2Si. The van der Waals surface area contributed by atoms with E-state index >= 15 is 0 Å². The monoisotopic (exact) mass is 244 g/mol. The molecule has 0 N–H and O–H groups in total. The molecule has 1 rings (SSSR count). The fourth-order valence-electron chi connectivity index (χ4n) is 1.53. The van der Waals surface area contributed by atoms with E-state index in [2.05, 4.69) is 4.79 Å². The first-order chi connectivity index (χ1) is 7.30. The lowest BCUT2D eigenvalue weighted by molar-refractivity contribution is -0.108. The van der Waals surface area contributed by atoms with Gasteiger partial charge in [-0.25, -0.2) is 0 Å². The number of hydrogen-bond acceptors (Lipinski definition) is 0. The Morgan fingerprint density at radius 1 is 1.19 bits per heavy atom. The van der Waals surface area contributed by atoms with Crippen LogP contribution in [0, 0.1) is 0 Å². The molecule has 0 radical (unpaired) electrons. The normalized spacial score (nSPS) is 12.1. The Morgan fingerprint density at radius 2 is 1.69 bits per heavy atom. The topological polar surface area (TPSA) is 36.4 Å². The Labute approximate surface area is 92.4 Å². The summed E-state index contributed by atoms with van der Waals surface area (Å²) in [4.78, 5) is 2.46. The van der Waals surface area contributed by atoms with Crippen molar-refractivity contribution in [2.24, 2.45) is 0 Å². The molecule has 0 aliphatic rings. The van der Waals surface area contributed by atoms with Crippen molar-refractivity contribution < 1.29 is 18.0 Å². The predicted octanol–water partition coefficient (Wildman–Crippen LogP) is 2.37. The summed E-state index contributed by atoms with van der Waals surface area (Å²) in [5.74, 6) is 0. The zero-order valence-corrected chi connectivity index (χ0v) is 9.92. The van der Waals surface area contributed by atoms with Gasteiger partial charge in [-0.15, -0.1) is 0 Å². The molecule has 0 saturated heterocycles. The lowest BCUT2D eigenvalue weighted by Crippen LogP contribution is -2.56. The lowest BCUT2D eigenvalue weighted by Gasteiger charge is -2.18. The molecule has 6 heteroatoms. The Kier molecular flexibility index (Phi) is 3.35. The molecule has 2 nitrogen and oxygen atoms in total. The smallest absolute Gasteiger partial charge is 0.362 e. The first-order valence-corrected chi connectivity index (χ1v) is 7.65. The van der Waals surface area contributed by atoms with Crippen LogP contribution in [0.3, 0.4) is 0 Å². The van der Waals surface area contributed by atoms with Crippen LogP contribution < -0.4 is 5.19 Å². The van der Waals surface area contributed by atoms with Crippen molar-refractivity contribution in [3.8, 4) is 0 Å². The summed E-state index contributed by atoms with van der Waals surface area (Å²) in [7, 11) is -2.97. The fourth-order valence-corrected chi connectivity index (χ4v) is 3.79. The molecule has 0 amide bonds. The van der Waals surface area contributed by atoms with Gasteiger partial charge in [-0.3, -0.25) is 0 Å². The zero-order chi connectivity index (χ0) is 12.4. The van der Waals surface area contributed by atoms with E-state index in [1.54, 1.807) is 30.3 Å². The molecule has 0 aromatic heterocycles. The SMILES string of the molecule is C[Si](C)(C(=[N+]=[N-])C(F)(F)F)c1ccccc1. The third kappa shape index (κ3) is 2.40. The Balaban J connectivity index is 3.27. The molecule has 86 valence electrons. The average Bonchev–Trinajstić information content (AvgIpc) is 2.17. The summed E-state index contributed by atoms with van der Waals surface area (Å²) >= 11 is 0. The van der Waals surface area contributed by atoms with Crippen molar-refractivity contribution >= 4 is 18.6 Å². The summed E-state index contributed by atoms with van der Waals surface area (Å²) in [6, 6.07) is 8.34. The van der Waals surface area contributed by atoms with Crippen molar-refractivity contribution in [1.82, 2.24) is 0 Å². The largest absolute Gasteiger partial charge is 0.484 e. The molecule has 0 aliphatic heterocycles. The number of nitrogens with zero attached hydrogens (tertiary/aromatic N) is 2. The van der Waals surface area contributed by atoms with Gasteiger partial charge in [-0.2, -0.15) is 18.0 Å². The van der Waals surface area contributed by atoms with Gasteiger partial charge in [0.25, 0.3) is 0 Å². The highest BCUT2D eigenvalue weighted by molar-refractivity contribution is 7.13. The van der Waals surface area contributed by atoms with Gasteiger partial charge >= 0.3 is 11.5 Å². The van der Waals surface area contributed by atoms with Crippen molar-refractivity contribution in [3.05, 3.63) is 35.9 Å². The lowest BCUT2D eigenvalue weighted by atomic mass is 10.4. The minimum absolute atomic E-state index is 0.583. The first kappa shape index (κ1) is 12.7. The van der Waals surface area contributed by atoms with E-state index in [4.69, 9.17) is 5.53 Å². The van der Waals surface area contributed by atoms with Gasteiger partial charge in [0.15, 0.2) is 0 Å². The molecule has 1 aromatic rings. The van der Waals surface area contributed by atoms with E-state index in [1.165, 1.54) is 13.1 Å². The van der Waals surface area contributed by atoms with Crippen LogP contribution in [0.25, 0.3) is 5.53 Å². The number of benzene rings is 1. The number of rotatable bonds is 2. The third-order valence-corrected chi connectivity index (χ3v) is 5.80. The number of halogens is 3. The number of hydrogen-bond donors (Lipinski definition) is 0. The molecule has 0 unspecified atom stereocenters.